The van der Waals surface area contributed by atoms with Crippen molar-refractivity contribution >= 4 is 12.4 Å². The maximum atomic E-state index is 2.89. The second-order valence-electron chi connectivity index (χ2n) is 19.1. The molecule has 0 saturated heterocycles. The Morgan fingerprint density at radius 1 is 0.158 bits per heavy atom. The van der Waals surface area contributed by atoms with Gasteiger partial charge in [0.15, 0.2) is 0 Å². The molecule has 0 heterocycles. The zero-order valence-corrected chi connectivity index (χ0v) is 41.4. The molecule has 0 aliphatic carbocycles. The summed E-state index contributed by atoms with van der Waals surface area (Å²) in [5, 5.41) is 0. The van der Waals surface area contributed by atoms with Crippen molar-refractivity contribution in [1.29, 1.82) is 0 Å². The lowest BCUT2D eigenvalue weighted by Gasteiger charge is -2.22. The molecule has 0 atom stereocenters. The molecular weight excluding hydrogens is 710 g/mol. The molecule has 0 amide bonds. The monoisotopic (exact) mass is 824 g/mol. The molecule has 0 spiro atoms. The summed E-state index contributed by atoms with van der Waals surface area (Å²) in [6.45, 7) is 11.1. The Hall–Kier alpha value is 0.250. The first-order chi connectivity index (χ1) is 27.8. The van der Waals surface area contributed by atoms with Crippen LogP contribution in [0.1, 0.15) is 335 Å². The molecule has 0 aromatic carbocycles. The van der Waals surface area contributed by atoms with Crippen molar-refractivity contribution in [3.05, 3.63) is 0 Å². The van der Waals surface area contributed by atoms with Crippen LogP contribution >= 0.6 is 12.4 Å². The smallest absolute Gasteiger partial charge is 0.00187 e. The van der Waals surface area contributed by atoms with Crippen molar-refractivity contribution in [3.8, 4) is 0 Å². The summed E-state index contributed by atoms with van der Waals surface area (Å²) in [6, 6.07) is 0. The minimum absolute atomic E-state index is 0. The highest BCUT2D eigenvalue weighted by Gasteiger charge is 2.06. The number of hydrogen-bond acceptors (Lipinski definition) is 1. The Bertz CT molecular complexity index is 614. The van der Waals surface area contributed by atoms with Gasteiger partial charge in [-0.25, -0.2) is 0 Å². The third kappa shape index (κ3) is 54.2. The van der Waals surface area contributed by atoms with E-state index in [1.807, 2.05) is 0 Å². The predicted octanol–water partition coefficient (Wildman–Crippen LogP) is 20.9. The molecule has 0 radical (unpaired) electrons. The SMILES string of the molecule is CCCCCCCCCCCCCCCCCCCN(CCCCCCCCCCCCCCCCCC)CCCCCCCCCCCCCCCCCC.Cl. The van der Waals surface area contributed by atoms with E-state index in [-0.39, 0.29) is 12.4 Å². The van der Waals surface area contributed by atoms with Gasteiger partial charge in [-0.05, 0) is 38.9 Å². The lowest BCUT2D eigenvalue weighted by atomic mass is 10.0. The number of rotatable bonds is 52. The molecule has 1 nitrogen and oxygen atoms in total. The summed E-state index contributed by atoms with van der Waals surface area (Å²) in [7, 11) is 0. The van der Waals surface area contributed by atoms with E-state index in [2.05, 4.69) is 25.7 Å². The summed E-state index contributed by atoms with van der Waals surface area (Å²) in [6.07, 6.45) is 72.0. The Kier molecular flexibility index (Phi) is 58.6. The fraction of sp³-hybridized carbons (Fsp3) is 1.00. The maximum absolute atomic E-state index is 2.89. The van der Waals surface area contributed by atoms with E-state index >= 15 is 0 Å². The highest BCUT2D eigenvalue weighted by Crippen LogP contribution is 2.18. The summed E-state index contributed by atoms with van der Waals surface area (Å²) in [5.74, 6) is 0. The van der Waals surface area contributed by atoms with Gasteiger partial charge in [-0.15, -0.1) is 12.4 Å². The van der Waals surface area contributed by atoms with Crippen molar-refractivity contribution in [2.45, 2.75) is 335 Å². The first-order valence-electron chi connectivity index (χ1n) is 27.6. The van der Waals surface area contributed by atoms with E-state index in [4.69, 9.17) is 0 Å². The number of hydrogen-bond donors (Lipinski definition) is 0. The van der Waals surface area contributed by atoms with Crippen molar-refractivity contribution in [2.24, 2.45) is 0 Å². The average molecular weight is 825 g/mol. The summed E-state index contributed by atoms with van der Waals surface area (Å²) < 4.78 is 0. The van der Waals surface area contributed by atoms with Crippen molar-refractivity contribution in [3.63, 3.8) is 0 Å². The Morgan fingerprint density at radius 2 is 0.263 bits per heavy atom. The van der Waals surface area contributed by atoms with Crippen molar-refractivity contribution < 1.29 is 0 Å². The highest BCUT2D eigenvalue weighted by molar-refractivity contribution is 5.85. The molecule has 0 bridgehead atoms. The van der Waals surface area contributed by atoms with Gasteiger partial charge in [-0.3, -0.25) is 0 Å². The van der Waals surface area contributed by atoms with Gasteiger partial charge >= 0.3 is 0 Å². The second kappa shape index (κ2) is 56.2. The first-order valence-corrected chi connectivity index (χ1v) is 27.6. The topological polar surface area (TPSA) is 3.24 Å². The standard InChI is InChI=1S/C55H113N.ClH/c1-4-7-10-13-16-19-22-25-28-31-34-37-40-43-46-49-52-55-56(53-50-47-44-41-38-35-32-29-26-23-20-17-14-11-8-5-2)54-51-48-45-42-39-36-33-30-27-24-21-18-15-12-9-6-3;/h4-55H2,1-3H3;1H. The minimum Gasteiger partial charge on any atom is -0.303 e. The van der Waals surface area contributed by atoms with Crippen LogP contribution in [0.25, 0.3) is 0 Å². The second-order valence-corrected chi connectivity index (χ2v) is 19.1. The third-order valence-corrected chi connectivity index (χ3v) is 13.2. The molecule has 346 valence electrons. The first kappa shape index (κ1) is 59.3. The van der Waals surface area contributed by atoms with E-state index < -0.39 is 0 Å². The Balaban J connectivity index is 0. The fourth-order valence-electron chi connectivity index (χ4n) is 9.16. The largest absolute Gasteiger partial charge is 0.303 e. The van der Waals surface area contributed by atoms with E-state index in [9.17, 15) is 0 Å². The molecule has 0 aromatic heterocycles. The zero-order valence-electron chi connectivity index (χ0n) is 40.6. The fourth-order valence-corrected chi connectivity index (χ4v) is 9.16. The van der Waals surface area contributed by atoms with Crippen LogP contribution in [0.4, 0.5) is 0 Å². The van der Waals surface area contributed by atoms with E-state index in [1.54, 1.807) is 0 Å². The zero-order chi connectivity index (χ0) is 40.3. The molecular formula is C55H114ClN. The van der Waals surface area contributed by atoms with Crippen LogP contribution in [0.3, 0.4) is 0 Å². The normalized spacial score (nSPS) is 11.6. The Labute approximate surface area is 370 Å². The van der Waals surface area contributed by atoms with Gasteiger partial charge in [-0.2, -0.15) is 0 Å². The van der Waals surface area contributed by atoms with E-state index in [0.717, 1.165) is 0 Å². The summed E-state index contributed by atoms with van der Waals surface area (Å²) in [4.78, 5) is 2.89. The van der Waals surface area contributed by atoms with Crippen LogP contribution in [0.2, 0.25) is 0 Å². The summed E-state index contributed by atoms with van der Waals surface area (Å²) >= 11 is 0. The molecule has 0 rings (SSSR count). The van der Waals surface area contributed by atoms with Gasteiger partial charge in [0.1, 0.15) is 0 Å². The quantitative estimate of drug-likeness (QED) is 0.0552. The number of nitrogens with zero attached hydrogens (tertiary/aromatic N) is 1. The summed E-state index contributed by atoms with van der Waals surface area (Å²) in [5.41, 5.74) is 0. The van der Waals surface area contributed by atoms with Gasteiger partial charge in [0.25, 0.3) is 0 Å². The van der Waals surface area contributed by atoms with Gasteiger partial charge < -0.3 is 4.90 Å². The lowest BCUT2D eigenvalue weighted by Crippen LogP contribution is -2.27. The van der Waals surface area contributed by atoms with Crippen LogP contribution in [0, 0.1) is 0 Å². The lowest BCUT2D eigenvalue weighted by molar-refractivity contribution is 0.254. The average Bonchev–Trinajstić information content (AvgIpc) is 3.21. The maximum Gasteiger partial charge on any atom is -0.00187 e. The number of unbranched alkanes of at least 4 members (excludes halogenated alkanes) is 46. The van der Waals surface area contributed by atoms with Crippen molar-refractivity contribution in [1.82, 2.24) is 4.90 Å². The number of halogens is 1. The van der Waals surface area contributed by atoms with E-state index in [0.29, 0.717) is 0 Å². The Morgan fingerprint density at radius 3 is 0.386 bits per heavy atom. The molecule has 0 aliphatic rings. The molecule has 57 heavy (non-hydrogen) atoms. The van der Waals surface area contributed by atoms with Crippen LogP contribution in [0.5, 0.6) is 0 Å². The molecule has 0 unspecified atom stereocenters. The molecule has 0 aliphatic heterocycles. The highest BCUT2D eigenvalue weighted by atomic mass is 35.5. The van der Waals surface area contributed by atoms with Crippen LogP contribution in [0.15, 0.2) is 0 Å². The van der Waals surface area contributed by atoms with Crippen LogP contribution in [-0.2, 0) is 0 Å². The molecule has 0 N–H and O–H groups in total. The van der Waals surface area contributed by atoms with E-state index in [1.165, 1.54) is 334 Å². The van der Waals surface area contributed by atoms with Crippen LogP contribution < -0.4 is 0 Å². The molecule has 0 aromatic rings. The predicted molar refractivity (Wildman–Crippen MR) is 267 cm³/mol. The molecule has 0 saturated carbocycles. The van der Waals surface area contributed by atoms with Gasteiger partial charge in [0.2, 0.25) is 0 Å². The molecule has 2 heteroatoms. The van der Waals surface area contributed by atoms with Gasteiger partial charge in [0, 0.05) is 0 Å². The third-order valence-electron chi connectivity index (χ3n) is 13.2. The van der Waals surface area contributed by atoms with Gasteiger partial charge in [-0.1, -0.05) is 316 Å². The van der Waals surface area contributed by atoms with Gasteiger partial charge in [0.05, 0.1) is 0 Å². The minimum atomic E-state index is 0. The van der Waals surface area contributed by atoms with Crippen LogP contribution in [-0.4, -0.2) is 24.5 Å². The molecule has 0 fully saturated rings. The van der Waals surface area contributed by atoms with Crippen molar-refractivity contribution in [2.75, 3.05) is 19.6 Å².